The summed E-state index contributed by atoms with van der Waals surface area (Å²) >= 11 is 5.95. The number of rotatable bonds is 7. The molecular weight excluding hydrogens is 446 g/mol. The van der Waals surface area contributed by atoms with Gasteiger partial charge in [0.2, 0.25) is 5.91 Å². The van der Waals surface area contributed by atoms with Crippen LogP contribution in [0.1, 0.15) is 17.7 Å². The van der Waals surface area contributed by atoms with Gasteiger partial charge in [-0.2, -0.15) is 5.26 Å². The lowest BCUT2D eigenvalue weighted by atomic mass is 10.1. The number of ether oxygens (including phenoxy) is 3. The van der Waals surface area contributed by atoms with Crippen LogP contribution in [0.25, 0.3) is 11.4 Å². The van der Waals surface area contributed by atoms with E-state index >= 15 is 0 Å². The first-order valence-corrected chi connectivity index (χ1v) is 10.5. The van der Waals surface area contributed by atoms with Gasteiger partial charge in [0.1, 0.15) is 40.2 Å². The molecule has 1 aliphatic heterocycles. The number of pyridine rings is 3. The number of aromatic nitrogens is 3. The second-order valence-corrected chi connectivity index (χ2v) is 7.68. The van der Waals surface area contributed by atoms with Gasteiger partial charge < -0.3 is 19.5 Å². The highest BCUT2D eigenvalue weighted by atomic mass is 35.5. The molecular formula is C23H20ClN5O4. The minimum Gasteiger partial charge on any atom is -0.495 e. The third kappa shape index (κ3) is 5.74. The van der Waals surface area contributed by atoms with Crippen LogP contribution in [-0.4, -0.2) is 47.3 Å². The molecule has 0 saturated carbocycles. The summed E-state index contributed by atoms with van der Waals surface area (Å²) in [4.78, 5) is 25.2. The van der Waals surface area contributed by atoms with Crippen molar-refractivity contribution in [3.8, 4) is 29.0 Å². The normalized spacial score (nSPS) is 15.0. The molecule has 0 aromatic carbocycles. The first kappa shape index (κ1) is 22.5. The van der Waals surface area contributed by atoms with Crippen molar-refractivity contribution in [3.63, 3.8) is 0 Å². The van der Waals surface area contributed by atoms with Crippen LogP contribution in [0, 0.1) is 11.3 Å². The number of hydrogen-bond donors (Lipinski definition) is 1. The Balaban J connectivity index is 1.44. The summed E-state index contributed by atoms with van der Waals surface area (Å²) < 4.78 is 16.4. The first-order valence-electron chi connectivity index (χ1n) is 10.2. The van der Waals surface area contributed by atoms with Gasteiger partial charge in [-0.3, -0.25) is 9.78 Å². The zero-order valence-corrected chi connectivity index (χ0v) is 18.5. The van der Waals surface area contributed by atoms with Gasteiger partial charge in [0.15, 0.2) is 0 Å². The number of nitrogens with one attached hydrogen (secondary N) is 1. The summed E-state index contributed by atoms with van der Waals surface area (Å²) in [7, 11) is 1.49. The van der Waals surface area contributed by atoms with Crippen molar-refractivity contribution < 1.29 is 19.0 Å². The highest BCUT2D eigenvalue weighted by Gasteiger charge is 2.18. The van der Waals surface area contributed by atoms with Crippen molar-refractivity contribution in [1.82, 2.24) is 15.0 Å². The maximum Gasteiger partial charge on any atom is 0.230 e. The molecule has 1 aliphatic rings. The Bertz CT molecular complexity index is 1190. The lowest BCUT2D eigenvalue weighted by molar-refractivity contribution is -0.115. The maximum atomic E-state index is 12.4. The number of carbonyl (C=O) groups is 1. The minimum atomic E-state index is -0.263. The molecule has 10 heteroatoms. The van der Waals surface area contributed by atoms with Gasteiger partial charge in [0, 0.05) is 30.8 Å². The van der Waals surface area contributed by atoms with Crippen LogP contribution < -0.4 is 14.8 Å². The molecule has 0 radical (unpaired) electrons. The number of carbonyl (C=O) groups excluding carboxylic acids is 1. The van der Waals surface area contributed by atoms with Crippen LogP contribution in [0.2, 0.25) is 5.02 Å². The second kappa shape index (κ2) is 10.3. The van der Waals surface area contributed by atoms with Crippen molar-refractivity contribution in [3.05, 3.63) is 59.0 Å². The molecule has 1 unspecified atom stereocenters. The number of nitrogens with zero attached hydrogens (tertiary/aromatic N) is 4. The number of amides is 1. The lowest BCUT2D eigenvalue weighted by Gasteiger charge is -2.13. The predicted molar refractivity (Wildman–Crippen MR) is 120 cm³/mol. The van der Waals surface area contributed by atoms with Crippen molar-refractivity contribution >= 4 is 23.3 Å². The molecule has 4 heterocycles. The van der Waals surface area contributed by atoms with Gasteiger partial charge >= 0.3 is 0 Å². The van der Waals surface area contributed by atoms with Crippen LogP contribution >= 0.6 is 11.6 Å². The van der Waals surface area contributed by atoms with Gasteiger partial charge in [0.25, 0.3) is 0 Å². The fourth-order valence-electron chi connectivity index (χ4n) is 3.26. The summed E-state index contributed by atoms with van der Waals surface area (Å²) in [5.74, 6) is 1.04. The highest BCUT2D eigenvalue weighted by molar-refractivity contribution is 6.32. The number of hydrogen-bond acceptors (Lipinski definition) is 8. The van der Waals surface area contributed by atoms with E-state index in [4.69, 9.17) is 25.8 Å². The van der Waals surface area contributed by atoms with Crippen LogP contribution in [0.3, 0.4) is 0 Å². The molecule has 9 nitrogen and oxygen atoms in total. The quantitative estimate of drug-likeness (QED) is 0.563. The summed E-state index contributed by atoms with van der Waals surface area (Å²) in [5.41, 5.74) is 2.01. The molecule has 0 aliphatic carbocycles. The second-order valence-electron chi connectivity index (χ2n) is 7.27. The average molecular weight is 466 g/mol. The SMILES string of the molecule is COc1cc(NC(=O)Cc2ccc(-c3cc(OC4CCOC4)cc(C#N)n3)nc2)ncc1Cl. The molecule has 1 saturated heterocycles. The molecule has 1 fully saturated rings. The van der Waals surface area contributed by atoms with E-state index in [2.05, 4.69) is 20.3 Å². The maximum absolute atomic E-state index is 12.4. The Labute approximate surface area is 195 Å². The van der Waals surface area contributed by atoms with E-state index < -0.39 is 0 Å². The van der Waals surface area contributed by atoms with Gasteiger partial charge in [-0.1, -0.05) is 17.7 Å². The summed E-state index contributed by atoms with van der Waals surface area (Å²) in [6.45, 7) is 1.18. The highest BCUT2D eigenvalue weighted by Crippen LogP contribution is 2.26. The summed E-state index contributed by atoms with van der Waals surface area (Å²) in [6.07, 6.45) is 3.85. The first-order chi connectivity index (χ1) is 16.0. The van der Waals surface area contributed by atoms with E-state index in [-0.39, 0.29) is 24.1 Å². The standard InChI is InChI=1S/C23H20ClN5O4/c1-31-21-9-22(27-12-18(21)24)29-23(30)6-14-2-3-19(26-11-14)20-8-17(7-15(10-25)28-20)33-16-4-5-32-13-16/h2-3,7-9,11-12,16H,4-6,13H2,1H3,(H,27,29,30). The number of halogens is 1. The number of anilines is 1. The van der Waals surface area contributed by atoms with E-state index in [0.717, 1.165) is 6.42 Å². The Hall–Kier alpha value is -3.74. The summed E-state index contributed by atoms with van der Waals surface area (Å²) in [5, 5.41) is 12.4. The fraction of sp³-hybridized carbons (Fsp3) is 0.261. The largest absolute Gasteiger partial charge is 0.495 e. The van der Waals surface area contributed by atoms with Gasteiger partial charge in [0.05, 0.1) is 44.3 Å². The van der Waals surface area contributed by atoms with Crippen molar-refractivity contribution in [1.29, 1.82) is 5.26 Å². The van der Waals surface area contributed by atoms with Gasteiger partial charge in [-0.25, -0.2) is 9.97 Å². The van der Waals surface area contributed by atoms with Crippen molar-refractivity contribution in [2.45, 2.75) is 18.9 Å². The topological polar surface area (TPSA) is 119 Å². The molecule has 1 atom stereocenters. The van der Waals surface area contributed by atoms with Crippen LogP contribution in [0.5, 0.6) is 11.5 Å². The molecule has 3 aromatic heterocycles. The third-order valence-electron chi connectivity index (χ3n) is 4.86. The molecule has 4 rings (SSSR count). The zero-order chi connectivity index (χ0) is 23.2. The van der Waals surface area contributed by atoms with Gasteiger partial charge in [-0.05, 0) is 11.6 Å². The number of nitriles is 1. The molecule has 33 heavy (non-hydrogen) atoms. The van der Waals surface area contributed by atoms with E-state index in [1.54, 1.807) is 36.5 Å². The molecule has 1 N–H and O–H groups in total. The summed E-state index contributed by atoms with van der Waals surface area (Å²) in [6, 6.07) is 10.5. The molecule has 3 aromatic rings. The van der Waals surface area contributed by atoms with E-state index in [9.17, 15) is 10.1 Å². The Morgan fingerprint density at radius 2 is 2.15 bits per heavy atom. The molecule has 0 bridgehead atoms. The van der Waals surface area contributed by atoms with E-state index in [0.29, 0.717) is 52.5 Å². The fourth-order valence-corrected chi connectivity index (χ4v) is 3.44. The number of methoxy groups -OCH3 is 1. The third-order valence-corrected chi connectivity index (χ3v) is 5.15. The molecule has 168 valence electrons. The predicted octanol–water partition coefficient (Wildman–Crippen LogP) is 3.42. The van der Waals surface area contributed by atoms with E-state index in [1.807, 2.05) is 6.07 Å². The van der Waals surface area contributed by atoms with Crippen molar-refractivity contribution in [2.24, 2.45) is 0 Å². The zero-order valence-electron chi connectivity index (χ0n) is 17.7. The smallest absolute Gasteiger partial charge is 0.230 e. The minimum absolute atomic E-state index is 0.0456. The Kier molecular flexibility index (Phi) is 6.98. The van der Waals surface area contributed by atoms with Gasteiger partial charge in [-0.15, -0.1) is 0 Å². The van der Waals surface area contributed by atoms with E-state index in [1.165, 1.54) is 13.3 Å². The van der Waals surface area contributed by atoms with Crippen molar-refractivity contribution in [2.75, 3.05) is 25.6 Å². The molecule has 1 amide bonds. The monoisotopic (exact) mass is 465 g/mol. The lowest BCUT2D eigenvalue weighted by Crippen LogP contribution is -2.16. The average Bonchev–Trinajstić information content (AvgIpc) is 3.33. The molecule has 0 spiro atoms. The van der Waals surface area contributed by atoms with Crippen LogP contribution in [0.15, 0.2) is 42.7 Å². The van der Waals surface area contributed by atoms with Crippen LogP contribution in [-0.2, 0) is 16.0 Å². The Morgan fingerprint density at radius 1 is 1.27 bits per heavy atom. The Morgan fingerprint density at radius 3 is 2.85 bits per heavy atom. The van der Waals surface area contributed by atoms with Crippen LogP contribution in [0.4, 0.5) is 5.82 Å².